The molecule has 0 aromatic heterocycles. The third kappa shape index (κ3) is 6.78. The number of ether oxygens (including phenoxy) is 2. The van der Waals surface area contributed by atoms with Crippen molar-refractivity contribution in [2.45, 2.75) is 38.5 Å². The zero-order valence-electron chi connectivity index (χ0n) is 15.4. The summed E-state index contributed by atoms with van der Waals surface area (Å²) in [4.78, 5) is 11.9. The third-order valence-corrected chi connectivity index (χ3v) is 4.48. The maximum atomic E-state index is 11.9. The highest BCUT2D eigenvalue weighted by atomic mass is 16.5. The molecular formula is C20H30N2O3. The monoisotopic (exact) mass is 346 g/mol. The van der Waals surface area contributed by atoms with Gasteiger partial charge in [-0.1, -0.05) is 17.7 Å². The predicted octanol–water partition coefficient (Wildman–Crippen LogP) is 2.84. The minimum absolute atomic E-state index is 0.0590. The van der Waals surface area contributed by atoms with Crippen molar-refractivity contribution in [1.29, 1.82) is 0 Å². The van der Waals surface area contributed by atoms with Gasteiger partial charge in [-0.25, -0.2) is 0 Å². The number of hydrogen-bond donors (Lipinski definition) is 2. The van der Waals surface area contributed by atoms with Crippen LogP contribution in [-0.4, -0.2) is 39.8 Å². The van der Waals surface area contributed by atoms with Crippen LogP contribution in [0.1, 0.15) is 37.7 Å². The zero-order chi connectivity index (χ0) is 17.9. The highest BCUT2D eigenvalue weighted by Gasteiger charge is 2.06. The Morgan fingerprint density at radius 3 is 2.64 bits per heavy atom. The fourth-order valence-electron chi connectivity index (χ4n) is 3.03. The van der Waals surface area contributed by atoms with E-state index in [1.54, 1.807) is 14.2 Å². The molecule has 1 aromatic carbocycles. The summed E-state index contributed by atoms with van der Waals surface area (Å²) in [6.45, 7) is 1.84. The quantitative estimate of drug-likeness (QED) is 0.505. The molecule has 0 radical (unpaired) electrons. The van der Waals surface area contributed by atoms with E-state index in [4.69, 9.17) is 9.47 Å². The molecule has 1 aliphatic carbocycles. The Morgan fingerprint density at radius 2 is 1.92 bits per heavy atom. The molecule has 0 saturated carbocycles. The Bertz CT molecular complexity index is 584. The minimum Gasteiger partial charge on any atom is -0.493 e. The number of rotatable bonds is 10. The zero-order valence-corrected chi connectivity index (χ0v) is 15.4. The van der Waals surface area contributed by atoms with Gasteiger partial charge < -0.3 is 20.1 Å². The fourth-order valence-corrected chi connectivity index (χ4v) is 3.03. The molecule has 25 heavy (non-hydrogen) atoms. The van der Waals surface area contributed by atoms with Crippen LogP contribution >= 0.6 is 0 Å². The van der Waals surface area contributed by atoms with E-state index in [0.29, 0.717) is 6.54 Å². The molecule has 1 aromatic rings. The Hall–Kier alpha value is -2.01. The Morgan fingerprint density at radius 1 is 1.08 bits per heavy atom. The highest BCUT2D eigenvalue weighted by molar-refractivity contribution is 5.77. The van der Waals surface area contributed by atoms with Crippen molar-refractivity contribution in [1.82, 2.24) is 10.6 Å². The summed E-state index contributed by atoms with van der Waals surface area (Å²) in [6, 6.07) is 5.89. The van der Waals surface area contributed by atoms with Crippen LogP contribution in [0.2, 0.25) is 0 Å². The molecule has 0 heterocycles. The van der Waals surface area contributed by atoms with Gasteiger partial charge in [0.05, 0.1) is 20.8 Å². The smallest absolute Gasteiger partial charge is 0.233 e. The molecule has 2 rings (SSSR count). The second-order valence-corrected chi connectivity index (χ2v) is 6.32. The van der Waals surface area contributed by atoms with E-state index >= 15 is 0 Å². The van der Waals surface area contributed by atoms with Gasteiger partial charge in [-0.15, -0.1) is 0 Å². The van der Waals surface area contributed by atoms with Crippen LogP contribution < -0.4 is 20.1 Å². The molecule has 0 fully saturated rings. The van der Waals surface area contributed by atoms with Crippen LogP contribution in [0.3, 0.4) is 0 Å². The van der Waals surface area contributed by atoms with E-state index in [1.165, 1.54) is 31.3 Å². The number of carbonyl (C=O) groups excluding carboxylic acids is 1. The lowest BCUT2D eigenvalue weighted by Gasteiger charge is -2.13. The Labute approximate surface area is 150 Å². The molecule has 1 amide bonds. The van der Waals surface area contributed by atoms with Gasteiger partial charge in [-0.2, -0.15) is 0 Å². The van der Waals surface area contributed by atoms with E-state index in [0.717, 1.165) is 43.0 Å². The normalized spacial score (nSPS) is 13.9. The highest BCUT2D eigenvalue weighted by Crippen LogP contribution is 2.27. The SMILES string of the molecule is COc1ccc(CCNCC(=O)NCCC2=CCCCC2)cc1OC. The summed E-state index contributed by atoms with van der Waals surface area (Å²) in [5.74, 6) is 1.52. The average molecular weight is 346 g/mol. The van der Waals surface area contributed by atoms with Gasteiger partial charge in [0, 0.05) is 6.54 Å². The number of hydrogen-bond acceptors (Lipinski definition) is 4. The van der Waals surface area contributed by atoms with E-state index < -0.39 is 0 Å². The van der Waals surface area contributed by atoms with Crippen LogP contribution in [0.25, 0.3) is 0 Å². The molecule has 0 unspecified atom stereocenters. The van der Waals surface area contributed by atoms with Crippen molar-refractivity contribution in [3.63, 3.8) is 0 Å². The van der Waals surface area contributed by atoms with Crippen molar-refractivity contribution in [3.8, 4) is 11.5 Å². The predicted molar refractivity (Wildman–Crippen MR) is 100 cm³/mol. The molecule has 0 bridgehead atoms. The first kappa shape index (κ1) is 19.3. The summed E-state index contributed by atoms with van der Waals surface area (Å²) in [7, 11) is 3.26. The number of benzene rings is 1. The number of amides is 1. The molecule has 2 N–H and O–H groups in total. The average Bonchev–Trinajstić information content (AvgIpc) is 2.66. The minimum atomic E-state index is 0.0590. The van der Waals surface area contributed by atoms with E-state index in [2.05, 4.69) is 16.7 Å². The van der Waals surface area contributed by atoms with Crippen LogP contribution in [0.5, 0.6) is 11.5 Å². The second-order valence-electron chi connectivity index (χ2n) is 6.32. The number of carbonyl (C=O) groups is 1. The first-order valence-corrected chi connectivity index (χ1v) is 9.09. The maximum absolute atomic E-state index is 11.9. The third-order valence-electron chi connectivity index (χ3n) is 4.48. The van der Waals surface area contributed by atoms with Crippen LogP contribution in [-0.2, 0) is 11.2 Å². The first-order valence-electron chi connectivity index (χ1n) is 9.09. The molecule has 1 aliphatic rings. The fraction of sp³-hybridized carbons (Fsp3) is 0.550. The molecule has 138 valence electrons. The molecule has 0 spiro atoms. The number of nitrogens with one attached hydrogen (secondary N) is 2. The van der Waals surface area contributed by atoms with Gasteiger partial charge in [-0.05, 0) is 62.8 Å². The molecule has 5 nitrogen and oxygen atoms in total. The summed E-state index contributed by atoms with van der Waals surface area (Å²) < 4.78 is 10.5. The van der Waals surface area contributed by atoms with Crippen molar-refractivity contribution in [3.05, 3.63) is 35.4 Å². The van der Waals surface area contributed by atoms with Gasteiger partial charge >= 0.3 is 0 Å². The lowest BCUT2D eigenvalue weighted by molar-refractivity contribution is -0.120. The lowest BCUT2D eigenvalue weighted by atomic mass is 9.97. The van der Waals surface area contributed by atoms with E-state index in [-0.39, 0.29) is 5.91 Å². The van der Waals surface area contributed by atoms with Gasteiger partial charge in [0.15, 0.2) is 11.5 Å². The largest absolute Gasteiger partial charge is 0.493 e. The van der Waals surface area contributed by atoms with Crippen LogP contribution in [0.4, 0.5) is 0 Å². The molecular weight excluding hydrogens is 316 g/mol. The van der Waals surface area contributed by atoms with Gasteiger partial charge in [-0.3, -0.25) is 4.79 Å². The Kier molecular flexibility index (Phi) is 8.32. The lowest BCUT2D eigenvalue weighted by Crippen LogP contribution is -2.35. The maximum Gasteiger partial charge on any atom is 0.233 e. The summed E-state index contributed by atoms with van der Waals surface area (Å²) in [5.41, 5.74) is 2.64. The van der Waals surface area contributed by atoms with Gasteiger partial charge in [0.2, 0.25) is 5.91 Å². The van der Waals surface area contributed by atoms with E-state index in [9.17, 15) is 4.79 Å². The molecule has 5 heteroatoms. The van der Waals surface area contributed by atoms with Crippen molar-refractivity contribution in [2.24, 2.45) is 0 Å². The van der Waals surface area contributed by atoms with Crippen molar-refractivity contribution >= 4 is 5.91 Å². The molecule has 0 atom stereocenters. The van der Waals surface area contributed by atoms with Crippen molar-refractivity contribution < 1.29 is 14.3 Å². The molecule has 0 saturated heterocycles. The standard InChI is InChI=1S/C20H30N2O3/c1-24-18-9-8-17(14-19(18)25-2)10-12-21-15-20(23)22-13-11-16-6-4-3-5-7-16/h6,8-9,14,21H,3-5,7,10-13,15H2,1-2H3,(H,22,23). The number of allylic oxidation sites excluding steroid dienone is 1. The van der Waals surface area contributed by atoms with E-state index in [1.807, 2.05) is 18.2 Å². The van der Waals surface area contributed by atoms with Crippen LogP contribution in [0.15, 0.2) is 29.8 Å². The summed E-state index contributed by atoms with van der Waals surface area (Å²) in [6.07, 6.45) is 9.13. The summed E-state index contributed by atoms with van der Waals surface area (Å²) in [5, 5.41) is 6.17. The summed E-state index contributed by atoms with van der Waals surface area (Å²) >= 11 is 0. The first-order chi connectivity index (χ1) is 12.2. The van der Waals surface area contributed by atoms with Crippen LogP contribution in [0, 0.1) is 0 Å². The topological polar surface area (TPSA) is 59.6 Å². The molecule has 0 aliphatic heterocycles. The van der Waals surface area contributed by atoms with Gasteiger partial charge in [0.1, 0.15) is 0 Å². The second kappa shape index (κ2) is 10.8. The number of methoxy groups -OCH3 is 2. The van der Waals surface area contributed by atoms with Gasteiger partial charge in [0.25, 0.3) is 0 Å². The van der Waals surface area contributed by atoms with Crippen molar-refractivity contribution in [2.75, 3.05) is 33.9 Å². The Balaban J connectivity index is 1.60.